The molecule has 29 heavy (non-hydrogen) atoms. The highest BCUT2D eigenvalue weighted by atomic mass is 19.2. The number of hydrogen-bond acceptors (Lipinski definition) is 5. The molecule has 1 atom stereocenters. The third kappa shape index (κ3) is 4.22. The average Bonchev–Trinajstić information content (AvgIpc) is 3.13. The number of benzene rings is 1. The summed E-state index contributed by atoms with van der Waals surface area (Å²) in [7, 11) is 1.48. The highest BCUT2D eigenvalue weighted by molar-refractivity contribution is 5.93. The van der Waals surface area contributed by atoms with E-state index in [1.807, 2.05) is 4.90 Å². The van der Waals surface area contributed by atoms with Crippen LogP contribution in [0.15, 0.2) is 30.6 Å². The van der Waals surface area contributed by atoms with Crippen molar-refractivity contribution >= 4 is 5.91 Å². The molecule has 1 aromatic heterocycles. The second kappa shape index (κ2) is 8.02. The molecule has 2 aromatic rings. The third-order valence-electron chi connectivity index (χ3n) is 5.91. The van der Waals surface area contributed by atoms with Gasteiger partial charge in [0.25, 0.3) is 5.91 Å². The molecule has 0 aliphatic carbocycles. The van der Waals surface area contributed by atoms with Gasteiger partial charge in [-0.2, -0.15) is 0 Å². The number of nitrogens with zero attached hydrogens (tertiary/aromatic N) is 4. The first-order valence-corrected chi connectivity index (χ1v) is 9.80. The number of carbonyl (C=O) groups is 1. The van der Waals surface area contributed by atoms with Gasteiger partial charge in [-0.3, -0.25) is 9.69 Å². The summed E-state index contributed by atoms with van der Waals surface area (Å²) < 4.78 is 31.6. The molecule has 0 unspecified atom stereocenters. The Morgan fingerprint density at radius 3 is 2.66 bits per heavy atom. The van der Waals surface area contributed by atoms with Crippen molar-refractivity contribution < 1.29 is 18.3 Å². The van der Waals surface area contributed by atoms with Crippen LogP contribution in [0.1, 0.15) is 35.2 Å². The van der Waals surface area contributed by atoms with E-state index in [0.717, 1.165) is 37.9 Å². The molecule has 0 radical (unpaired) electrons. The Hall–Kier alpha value is -2.61. The van der Waals surface area contributed by atoms with Crippen LogP contribution in [0, 0.1) is 17.0 Å². The molecule has 4 rings (SSSR count). The van der Waals surface area contributed by atoms with Crippen LogP contribution in [0.4, 0.5) is 8.78 Å². The molecule has 1 amide bonds. The molecule has 1 aromatic carbocycles. The zero-order valence-corrected chi connectivity index (χ0v) is 16.4. The molecule has 0 bridgehead atoms. The van der Waals surface area contributed by atoms with Gasteiger partial charge in [0.05, 0.1) is 12.7 Å². The number of aromatic nitrogens is 2. The van der Waals surface area contributed by atoms with Crippen molar-refractivity contribution in [1.29, 1.82) is 0 Å². The van der Waals surface area contributed by atoms with Crippen LogP contribution in [0.5, 0.6) is 6.01 Å². The van der Waals surface area contributed by atoms with Gasteiger partial charge in [-0.15, -0.1) is 0 Å². The van der Waals surface area contributed by atoms with Crippen LogP contribution in [-0.2, 0) is 6.54 Å². The molecule has 2 fully saturated rings. The number of carbonyl (C=O) groups excluding carboxylic acids is 1. The first-order chi connectivity index (χ1) is 14.0. The fraction of sp³-hybridized carbons (Fsp3) is 0.476. The van der Waals surface area contributed by atoms with Crippen molar-refractivity contribution in [3.63, 3.8) is 0 Å². The van der Waals surface area contributed by atoms with Gasteiger partial charge in [0.2, 0.25) is 0 Å². The van der Waals surface area contributed by atoms with Crippen LogP contribution < -0.4 is 4.74 Å². The Labute approximate surface area is 168 Å². The van der Waals surface area contributed by atoms with E-state index in [0.29, 0.717) is 25.2 Å². The minimum absolute atomic E-state index is 0.0415. The highest BCUT2D eigenvalue weighted by Crippen LogP contribution is 2.39. The first-order valence-electron chi connectivity index (χ1n) is 9.80. The summed E-state index contributed by atoms with van der Waals surface area (Å²) in [6, 6.07) is 4.31. The monoisotopic (exact) mass is 402 g/mol. The minimum Gasteiger partial charge on any atom is -0.467 e. The summed E-state index contributed by atoms with van der Waals surface area (Å²) in [4.78, 5) is 25.0. The van der Waals surface area contributed by atoms with Crippen molar-refractivity contribution in [2.75, 3.05) is 33.3 Å². The van der Waals surface area contributed by atoms with Gasteiger partial charge >= 0.3 is 6.01 Å². The lowest BCUT2D eigenvalue weighted by Gasteiger charge is -2.40. The van der Waals surface area contributed by atoms with Gasteiger partial charge in [-0.25, -0.2) is 18.7 Å². The molecular formula is C21H24F2N4O2. The molecule has 8 heteroatoms. The Morgan fingerprint density at radius 1 is 1.14 bits per heavy atom. The van der Waals surface area contributed by atoms with Crippen LogP contribution in [0.3, 0.4) is 0 Å². The van der Waals surface area contributed by atoms with E-state index in [1.165, 1.54) is 31.6 Å². The van der Waals surface area contributed by atoms with Gasteiger partial charge < -0.3 is 9.64 Å². The summed E-state index contributed by atoms with van der Waals surface area (Å²) in [5.74, 6) is -1.70. The van der Waals surface area contributed by atoms with Gasteiger partial charge in [-0.1, -0.05) is 6.07 Å². The number of likely N-dealkylation sites (tertiary alicyclic amines) is 2. The predicted molar refractivity (Wildman–Crippen MR) is 102 cm³/mol. The van der Waals surface area contributed by atoms with Crippen LogP contribution in [0.2, 0.25) is 0 Å². The average molecular weight is 402 g/mol. The maximum atomic E-state index is 13.5. The molecule has 2 saturated heterocycles. The normalized spacial score (nSPS) is 22.2. The standard InChI is InChI=1S/C21H24F2N4O2/c1-29-20-24-10-16(11-25-20)19(28)27-8-6-21(14-27)5-2-7-26(13-21)12-15-3-4-17(22)18(23)9-15/h3-4,9-11H,2,5-8,12-14H2,1H3/t21-/m1/s1. The molecule has 0 N–H and O–H groups in total. The number of ether oxygens (including phenoxy) is 1. The summed E-state index contributed by atoms with van der Waals surface area (Å²) in [6.45, 7) is 3.73. The molecule has 6 nitrogen and oxygen atoms in total. The molecular weight excluding hydrogens is 378 g/mol. The molecule has 3 heterocycles. The predicted octanol–water partition coefficient (Wildman–Crippen LogP) is 2.89. The topological polar surface area (TPSA) is 58.6 Å². The smallest absolute Gasteiger partial charge is 0.316 e. The number of hydrogen-bond donors (Lipinski definition) is 0. The number of rotatable bonds is 4. The van der Waals surface area contributed by atoms with Gasteiger partial charge in [0.1, 0.15) is 0 Å². The molecule has 2 aliphatic heterocycles. The van der Waals surface area contributed by atoms with Gasteiger partial charge in [0.15, 0.2) is 11.6 Å². The van der Waals surface area contributed by atoms with Crippen LogP contribution in [-0.4, -0.2) is 59.0 Å². The molecule has 2 aliphatic rings. The van der Waals surface area contributed by atoms with Gasteiger partial charge in [0, 0.05) is 44.0 Å². The van der Waals surface area contributed by atoms with E-state index in [9.17, 15) is 13.6 Å². The summed E-state index contributed by atoms with van der Waals surface area (Å²) in [5, 5.41) is 0. The maximum Gasteiger partial charge on any atom is 0.316 e. The third-order valence-corrected chi connectivity index (χ3v) is 5.91. The summed E-state index contributed by atoms with van der Waals surface area (Å²) in [6.07, 6.45) is 6.01. The van der Waals surface area contributed by atoms with E-state index in [2.05, 4.69) is 14.9 Å². The van der Waals surface area contributed by atoms with E-state index in [-0.39, 0.29) is 17.3 Å². The maximum absolute atomic E-state index is 13.5. The number of piperidine rings is 1. The largest absolute Gasteiger partial charge is 0.467 e. The number of methoxy groups -OCH3 is 1. The van der Waals surface area contributed by atoms with Gasteiger partial charge in [-0.05, 0) is 43.5 Å². The van der Waals surface area contributed by atoms with Crippen molar-refractivity contribution in [3.8, 4) is 6.01 Å². The molecule has 154 valence electrons. The Bertz CT molecular complexity index is 893. The van der Waals surface area contributed by atoms with Crippen molar-refractivity contribution in [3.05, 3.63) is 53.4 Å². The lowest BCUT2D eigenvalue weighted by Crippen LogP contribution is -2.45. The van der Waals surface area contributed by atoms with Crippen LogP contribution in [0.25, 0.3) is 0 Å². The van der Waals surface area contributed by atoms with E-state index >= 15 is 0 Å². The fourth-order valence-electron chi connectivity index (χ4n) is 4.50. The Balaban J connectivity index is 1.40. The first kappa shape index (κ1) is 19.7. The fourth-order valence-corrected chi connectivity index (χ4v) is 4.50. The Kier molecular flexibility index (Phi) is 5.45. The highest BCUT2D eigenvalue weighted by Gasteiger charge is 2.42. The molecule has 1 spiro atoms. The zero-order chi connectivity index (χ0) is 20.4. The number of amides is 1. The lowest BCUT2D eigenvalue weighted by atomic mass is 9.79. The summed E-state index contributed by atoms with van der Waals surface area (Å²) in [5.41, 5.74) is 1.26. The quantitative estimate of drug-likeness (QED) is 0.787. The number of halogens is 2. The van der Waals surface area contributed by atoms with Crippen molar-refractivity contribution in [2.24, 2.45) is 5.41 Å². The second-order valence-electron chi connectivity index (χ2n) is 8.00. The van der Waals surface area contributed by atoms with Crippen molar-refractivity contribution in [2.45, 2.75) is 25.8 Å². The molecule has 0 saturated carbocycles. The second-order valence-corrected chi connectivity index (χ2v) is 8.00. The zero-order valence-electron chi connectivity index (χ0n) is 16.4. The van der Waals surface area contributed by atoms with E-state index in [4.69, 9.17) is 4.74 Å². The lowest BCUT2D eigenvalue weighted by molar-refractivity contribution is 0.0674. The SMILES string of the molecule is COc1ncc(C(=O)N2CC[C@@]3(CCCN(Cc4ccc(F)c(F)c4)C3)C2)cn1. The minimum atomic E-state index is -0.823. The van der Waals surface area contributed by atoms with E-state index < -0.39 is 11.6 Å². The van der Waals surface area contributed by atoms with Crippen molar-refractivity contribution in [1.82, 2.24) is 19.8 Å². The Morgan fingerprint density at radius 2 is 1.93 bits per heavy atom. The van der Waals surface area contributed by atoms with E-state index in [1.54, 1.807) is 6.07 Å². The summed E-state index contributed by atoms with van der Waals surface area (Å²) >= 11 is 0. The van der Waals surface area contributed by atoms with Crippen LogP contribution >= 0.6 is 0 Å².